The van der Waals surface area contributed by atoms with Crippen LogP contribution in [0.15, 0.2) is 42.5 Å². The molecule has 2 heterocycles. The van der Waals surface area contributed by atoms with Crippen molar-refractivity contribution in [3.8, 4) is 11.5 Å². The summed E-state index contributed by atoms with van der Waals surface area (Å²) in [5, 5.41) is 4.28. The quantitative estimate of drug-likeness (QED) is 0.476. The van der Waals surface area contributed by atoms with Crippen LogP contribution in [0, 0.1) is 11.8 Å². The molecular weight excluding hydrogens is 525 g/mol. The minimum atomic E-state index is -1.12. The molecule has 9 heteroatoms. The summed E-state index contributed by atoms with van der Waals surface area (Å²) in [7, 11) is 3.25. The number of ether oxygens (including phenoxy) is 2. The average Bonchev–Trinajstić information content (AvgIpc) is 3.64. The molecule has 1 N–H and O–H groups in total. The third kappa shape index (κ3) is 5.53. The van der Waals surface area contributed by atoms with E-state index in [1.54, 1.807) is 44.5 Å². The Bertz CT molecular complexity index is 1160. The Morgan fingerprint density at radius 2 is 1.71 bits per heavy atom. The van der Waals surface area contributed by atoms with Crippen molar-refractivity contribution < 1.29 is 19.1 Å². The molecule has 5 rings (SSSR count). The van der Waals surface area contributed by atoms with E-state index in [0.29, 0.717) is 34.6 Å². The molecule has 0 aromatic heterocycles. The lowest BCUT2D eigenvalue weighted by Crippen LogP contribution is -2.62. The highest BCUT2D eigenvalue weighted by molar-refractivity contribution is 6.42. The molecule has 0 spiro atoms. The minimum Gasteiger partial charge on any atom is -0.497 e. The summed E-state index contributed by atoms with van der Waals surface area (Å²) in [4.78, 5) is 32.0. The van der Waals surface area contributed by atoms with Crippen LogP contribution in [0.3, 0.4) is 0 Å². The second kappa shape index (κ2) is 11.4. The number of hydrogen-bond acceptors (Lipinski definition) is 6. The molecule has 2 aliphatic heterocycles. The van der Waals surface area contributed by atoms with Crippen LogP contribution in [0.4, 0.5) is 4.79 Å². The highest BCUT2D eigenvalue weighted by atomic mass is 35.5. The van der Waals surface area contributed by atoms with Gasteiger partial charge in [-0.1, -0.05) is 29.3 Å². The molecule has 204 valence electrons. The topological polar surface area (TPSA) is 71.1 Å². The van der Waals surface area contributed by atoms with E-state index < -0.39 is 11.6 Å². The van der Waals surface area contributed by atoms with E-state index in [1.807, 2.05) is 12.1 Å². The summed E-state index contributed by atoms with van der Waals surface area (Å²) in [6, 6.07) is 12.3. The number of nitrogens with one attached hydrogen (secondary N) is 1. The SMILES string of the molecule is COc1ccc(OC(=O)N(C)[C@@]2(C(=O)C3CCN(CC4CC4)CC3)CNC[C@@H]2c2ccc(Cl)c(Cl)c2)cc1. The predicted molar refractivity (Wildman–Crippen MR) is 148 cm³/mol. The van der Waals surface area contributed by atoms with Crippen LogP contribution in [0.1, 0.15) is 37.2 Å². The number of likely N-dealkylation sites (tertiary alicyclic amines) is 1. The lowest BCUT2D eigenvalue weighted by Gasteiger charge is -2.44. The highest BCUT2D eigenvalue weighted by Crippen LogP contribution is 2.42. The molecule has 0 bridgehead atoms. The second-order valence-electron chi connectivity index (χ2n) is 10.8. The minimum absolute atomic E-state index is 0.0822. The molecule has 2 aromatic rings. The van der Waals surface area contributed by atoms with Crippen molar-refractivity contribution in [3.05, 3.63) is 58.1 Å². The van der Waals surface area contributed by atoms with Gasteiger partial charge in [-0.15, -0.1) is 0 Å². The van der Waals surface area contributed by atoms with Gasteiger partial charge in [-0.25, -0.2) is 4.79 Å². The number of ketones is 1. The summed E-state index contributed by atoms with van der Waals surface area (Å²) < 4.78 is 10.9. The molecule has 1 saturated carbocycles. The molecule has 1 aliphatic carbocycles. The number of nitrogens with zero attached hydrogens (tertiary/aromatic N) is 2. The van der Waals surface area contributed by atoms with Gasteiger partial charge in [0.15, 0.2) is 5.78 Å². The van der Waals surface area contributed by atoms with Gasteiger partial charge in [0.25, 0.3) is 0 Å². The van der Waals surface area contributed by atoms with E-state index in [2.05, 4.69) is 10.2 Å². The van der Waals surface area contributed by atoms with Gasteiger partial charge in [-0.2, -0.15) is 0 Å². The van der Waals surface area contributed by atoms with Crippen molar-refractivity contribution in [1.82, 2.24) is 15.1 Å². The van der Waals surface area contributed by atoms with Gasteiger partial charge in [-0.05, 0) is 86.7 Å². The summed E-state index contributed by atoms with van der Waals surface area (Å²) in [6.45, 7) is 3.83. The monoisotopic (exact) mass is 559 g/mol. The maximum absolute atomic E-state index is 14.5. The molecule has 2 saturated heterocycles. The summed E-state index contributed by atoms with van der Waals surface area (Å²) >= 11 is 12.6. The standard InChI is InChI=1S/C29H35Cl2N3O4/c1-33(28(36)38-23-8-6-22(37-2)7-9-23)29(18-32-16-24(29)21-5-10-25(30)26(31)15-21)27(35)20-11-13-34(14-12-20)17-19-3-4-19/h5-10,15,19-20,24,32H,3-4,11-14,16-18H2,1-2H3/t24-,29+/m1/s1. The molecule has 38 heavy (non-hydrogen) atoms. The largest absolute Gasteiger partial charge is 0.497 e. The first-order chi connectivity index (χ1) is 18.3. The van der Waals surface area contributed by atoms with Crippen molar-refractivity contribution in [2.75, 3.05) is 46.9 Å². The number of amides is 1. The fourth-order valence-corrected chi connectivity index (χ4v) is 6.28. The highest BCUT2D eigenvalue weighted by Gasteiger charge is 2.56. The normalized spacial score (nSPS) is 24.3. The molecule has 2 atom stereocenters. The van der Waals surface area contributed by atoms with Crippen LogP contribution < -0.4 is 14.8 Å². The van der Waals surface area contributed by atoms with E-state index in [0.717, 1.165) is 44.0 Å². The Kier molecular flexibility index (Phi) is 8.19. The number of rotatable bonds is 8. The van der Waals surface area contributed by atoms with Crippen molar-refractivity contribution in [3.63, 3.8) is 0 Å². The zero-order valence-corrected chi connectivity index (χ0v) is 23.4. The zero-order valence-electron chi connectivity index (χ0n) is 21.9. The van der Waals surface area contributed by atoms with Crippen LogP contribution in [0.25, 0.3) is 0 Å². The van der Waals surface area contributed by atoms with Crippen molar-refractivity contribution in [2.24, 2.45) is 11.8 Å². The first-order valence-corrected chi connectivity index (χ1v) is 14.1. The number of likely N-dealkylation sites (N-methyl/N-ethyl adjacent to an activating group) is 1. The second-order valence-corrected chi connectivity index (χ2v) is 11.6. The third-order valence-electron chi connectivity index (χ3n) is 8.40. The number of benzene rings is 2. The number of piperidine rings is 1. The number of carbonyl (C=O) groups excluding carboxylic acids is 2. The van der Waals surface area contributed by atoms with E-state index >= 15 is 0 Å². The van der Waals surface area contributed by atoms with E-state index in [9.17, 15) is 9.59 Å². The molecular formula is C29H35Cl2N3O4. The number of carbonyl (C=O) groups is 2. The van der Waals surface area contributed by atoms with Crippen LogP contribution in [0.5, 0.6) is 11.5 Å². The fourth-order valence-electron chi connectivity index (χ4n) is 5.97. The van der Waals surface area contributed by atoms with Gasteiger partial charge in [0, 0.05) is 38.5 Å². The number of methoxy groups -OCH3 is 1. The number of hydrogen-bond donors (Lipinski definition) is 1. The van der Waals surface area contributed by atoms with Gasteiger partial charge in [0.1, 0.15) is 17.0 Å². The van der Waals surface area contributed by atoms with Crippen LogP contribution in [0.2, 0.25) is 10.0 Å². The predicted octanol–water partition coefficient (Wildman–Crippen LogP) is 5.25. The summed E-state index contributed by atoms with van der Waals surface area (Å²) in [6.07, 6.45) is 3.65. The fraction of sp³-hybridized carbons (Fsp3) is 0.517. The summed E-state index contributed by atoms with van der Waals surface area (Å²) in [5.41, 5.74) is -0.252. The lowest BCUT2D eigenvalue weighted by molar-refractivity contribution is -0.135. The van der Waals surface area contributed by atoms with Crippen LogP contribution >= 0.6 is 23.2 Å². The van der Waals surface area contributed by atoms with E-state index in [1.165, 1.54) is 17.7 Å². The van der Waals surface area contributed by atoms with E-state index in [4.69, 9.17) is 32.7 Å². The maximum atomic E-state index is 14.5. The lowest BCUT2D eigenvalue weighted by atomic mass is 9.72. The third-order valence-corrected chi connectivity index (χ3v) is 9.14. The maximum Gasteiger partial charge on any atom is 0.415 e. The smallest absolute Gasteiger partial charge is 0.415 e. The molecule has 0 unspecified atom stereocenters. The molecule has 2 aromatic carbocycles. The first kappa shape index (κ1) is 27.3. The van der Waals surface area contributed by atoms with Crippen LogP contribution in [-0.2, 0) is 4.79 Å². The van der Waals surface area contributed by atoms with Crippen molar-refractivity contribution in [1.29, 1.82) is 0 Å². The van der Waals surface area contributed by atoms with Gasteiger partial charge < -0.3 is 19.7 Å². The number of Topliss-reactive ketones (excluding diaryl/α,β-unsaturated/α-hetero) is 1. The molecule has 3 aliphatic rings. The van der Waals surface area contributed by atoms with Gasteiger partial charge >= 0.3 is 6.09 Å². The zero-order chi connectivity index (χ0) is 26.9. The van der Waals surface area contributed by atoms with Crippen molar-refractivity contribution >= 4 is 35.1 Å². The Labute approximate surface area is 234 Å². The Morgan fingerprint density at radius 1 is 1.03 bits per heavy atom. The summed E-state index contributed by atoms with van der Waals surface area (Å²) in [5.74, 6) is 1.52. The Hall–Kier alpha value is -2.32. The van der Waals surface area contributed by atoms with E-state index in [-0.39, 0.29) is 17.6 Å². The molecule has 0 radical (unpaired) electrons. The first-order valence-electron chi connectivity index (χ1n) is 13.3. The molecule has 7 nitrogen and oxygen atoms in total. The number of halogens is 2. The Morgan fingerprint density at radius 3 is 2.34 bits per heavy atom. The van der Waals surface area contributed by atoms with Gasteiger partial charge in [0.05, 0.1) is 17.2 Å². The molecule has 1 amide bonds. The van der Waals surface area contributed by atoms with Gasteiger partial charge in [-0.3, -0.25) is 9.69 Å². The van der Waals surface area contributed by atoms with Crippen LogP contribution in [-0.4, -0.2) is 74.1 Å². The average molecular weight is 561 g/mol. The van der Waals surface area contributed by atoms with Crippen molar-refractivity contribution in [2.45, 2.75) is 37.1 Å². The Balaban J connectivity index is 1.42. The molecule has 3 fully saturated rings. The van der Waals surface area contributed by atoms with Gasteiger partial charge in [0.2, 0.25) is 0 Å².